The van der Waals surface area contributed by atoms with Crippen LogP contribution >= 0.6 is 0 Å². The number of halogens is 1. The first-order valence-corrected chi connectivity index (χ1v) is 5.55. The van der Waals surface area contributed by atoms with Gasteiger partial charge in [-0.2, -0.15) is 0 Å². The molecule has 104 valence electrons. The normalized spacial score (nSPS) is 11.5. The van der Waals surface area contributed by atoms with Gasteiger partial charge in [-0.05, 0) is 12.1 Å². The summed E-state index contributed by atoms with van der Waals surface area (Å²) in [7, 11) is 1.35. The molecule has 0 fully saturated rings. The largest absolute Gasteiger partial charge is 0.494 e. The quantitative estimate of drug-likeness (QED) is 0.759. The van der Waals surface area contributed by atoms with E-state index in [1.165, 1.54) is 26.2 Å². The summed E-state index contributed by atoms with van der Waals surface area (Å²) in [6.45, 7) is 1.46. The number of hydrogen-bond donors (Lipinski definition) is 3. The molecule has 0 saturated heterocycles. The Morgan fingerprint density at radius 2 is 2.16 bits per heavy atom. The van der Waals surface area contributed by atoms with Gasteiger partial charge in [0.15, 0.2) is 0 Å². The van der Waals surface area contributed by atoms with Crippen molar-refractivity contribution in [3.63, 3.8) is 0 Å². The molecule has 7 heteroatoms. The fraction of sp³-hybridized carbons (Fsp3) is 0.333. The average molecular weight is 270 g/mol. The number of carbonyl (C=O) groups excluding carboxylic acids is 1. The summed E-state index contributed by atoms with van der Waals surface area (Å²) in [5.74, 6) is -2.00. The van der Waals surface area contributed by atoms with Crippen LogP contribution in [0.2, 0.25) is 0 Å². The second-order valence-corrected chi connectivity index (χ2v) is 3.92. The first kappa shape index (κ1) is 14.7. The van der Waals surface area contributed by atoms with Crippen LogP contribution in [-0.4, -0.2) is 30.8 Å². The Morgan fingerprint density at radius 3 is 2.74 bits per heavy atom. The Kier molecular flexibility index (Phi) is 5.11. The van der Waals surface area contributed by atoms with Crippen LogP contribution in [0, 0.1) is 11.7 Å². The minimum atomic E-state index is -1.00. The number of amides is 2. The monoisotopic (exact) mass is 270 g/mol. The third-order valence-electron chi connectivity index (χ3n) is 2.40. The van der Waals surface area contributed by atoms with Gasteiger partial charge in [-0.15, -0.1) is 0 Å². The first-order chi connectivity index (χ1) is 8.93. The zero-order valence-electron chi connectivity index (χ0n) is 10.6. The minimum absolute atomic E-state index is 0.00925. The third-order valence-corrected chi connectivity index (χ3v) is 2.40. The molecule has 2 amide bonds. The number of carboxylic acids is 1. The van der Waals surface area contributed by atoms with Crippen LogP contribution in [0.5, 0.6) is 5.75 Å². The third kappa shape index (κ3) is 4.46. The lowest BCUT2D eigenvalue weighted by Gasteiger charge is -2.12. The van der Waals surface area contributed by atoms with Gasteiger partial charge in [0, 0.05) is 12.6 Å². The van der Waals surface area contributed by atoms with Crippen molar-refractivity contribution in [2.75, 3.05) is 19.0 Å². The van der Waals surface area contributed by atoms with Crippen LogP contribution in [0.4, 0.5) is 14.9 Å². The Hall–Kier alpha value is -2.31. The molecule has 0 aromatic heterocycles. The molecule has 0 radical (unpaired) electrons. The molecule has 0 aliphatic carbocycles. The van der Waals surface area contributed by atoms with Gasteiger partial charge < -0.3 is 20.5 Å². The molecule has 1 aromatic carbocycles. The number of hydrogen-bond acceptors (Lipinski definition) is 3. The van der Waals surface area contributed by atoms with Gasteiger partial charge in [-0.3, -0.25) is 4.79 Å². The van der Waals surface area contributed by atoms with Crippen molar-refractivity contribution in [2.24, 2.45) is 5.92 Å². The highest BCUT2D eigenvalue weighted by molar-refractivity contribution is 5.91. The summed E-state index contributed by atoms with van der Waals surface area (Å²) in [5, 5.41) is 13.5. The van der Waals surface area contributed by atoms with Gasteiger partial charge in [0.1, 0.15) is 11.6 Å². The lowest BCUT2D eigenvalue weighted by molar-refractivity contribution is -0.140. The maximum atomic E-state index is 12.9. The Labute approximate surface area is 109 Å². The van der Waals surface area contributed by atoms with E-state index in [1.807, 2.05) is 0 Å². The van der Waals surface area contributed by atoms with Crippen molar-refractivity contribution in [3.8, 4) is 5.75 Å². The number of rotatable bonds is 5. The molecular weight excluding hydrogens is 255 g/mol. The van der Waals surface area contributed by atoms with Crippen molar-refractivity contribution in [1.82, 2.24) is 5.32 Å². The highest BCUT2D eigenvalue weighted by Gasteiger charge is 2.13. The van der Waals surface area contributed by atoms with E-state index in [0.717, 1.165) is 6.07 Å². The van der Waals surface area contributed by atoms with Crippen molar-refractivity contribution in [2.45, 2.75) is 6.92 Å². The standard InChI is InChI=1S/C12H15FN2O4/c1-7(11(16)17)6-14-12(18)15-9-4-3-8(13)5-10(9)19-2/h3-5,7H,6H2,1-2H3,(H,16,17)(H2,14,15,18). The maximum Gasteiger partial charge on any atom is 0.319 e. The lowest BCUT2D eigenvalue weighted by atomic mass is 10.2. The van der Waals surface area contributed by atoms with E-state index >= 15 is 0 Å². The van der Waals surface area contributed by atoms with E-state index in [2.05, 4.69) is 10.6 Å². The number of aliphatic carboxylic acids is 1. The Balaban J connectivity index is 2.60. The predicted octanol–water partition coefficient (Wildman–Crippen LogP) is 1.68. The SMILES string of the molecule is COc1cc(F)ccc1NC(=O)NCC(C)C(=O)O. The summed E-state index contributed by atoms with van der Waals surface area (Å²) in [5.41, 5.74) is 0.296. The summed E-state index contributed by atoms with van der Waals surface area (Å²) in [6, 6.07) is 3.08. The van der Waals surface area contributed by atoms with E-state index < -0.39 is 23.7 Å². The van der Waals surface area contributed by atoms with E-state index in [-0.39, 0.29) is 12.3 Å². The van der Waals surface area contributed by atoms with E-state index in [9.17, 15) is 14.0 Å². The number of urea groups is 1. The number of carboxylic acid groups (broad SMARTS) is 1. The number of anilines is 1. The van der Waals surface area contributed by atoms with Gasteiger partial charge in [0.2, 0.25) is 0 Å². The highest BCUT2D eigenvalue weighted by Crippen LogP contribution is 2.24. The summed E-state index contributed by atoms with van der Waals surface area (Å²) in [4.78, 5) is 22.1. The van der Waals surface area contributed by atoms with Crippen molar-refractivity contribution < 1.29 is 23.8 Å². The maximum absolute atomic E-state index is 12.9. The average Bonchev–Trinajstić information content (AvgIpc) is 2.37. The van der Waals surface area contributed by atoms with Crippen LogP contribution < -0.4 is 15.4 Å². The molecule has 6 nitrogen and oxygen atoms in total. The number of ether oxygens (including phenoxy) is 1. The van der Waals surface area contributed by atoms with Crippen LogP contribution in [-0.2, 0) is 4.79 Å². The van der Waals surface area contributed by atoms with Gasteiger partial charge in [-0.1, -0.05) is 6.92 Å². The Morgan fingerprint density at radius 1 is 1.47 bits per heavy atom. The van der Waals surface area contributed by atoms with E-state index in [4.69, 9.17) is 9.84 Å². The van der Waals surface area contributed by atoms with Crippen molar-refractivity contribution >= 4 is 17.7 Å². The summed E-state index contributed by atoms with van der Waals surface area (Å²) in [6.07, 6.45) is 0. The zero-order valence-corrected chi connectivity index (χ0v) is 10.6. The summed E-state index contributed by atoms with van der Waals surface area (Å²) < 4.78 is 17.9. The molecule has 0 aliphatic rings. The molecular formula is C12H15FN2O4. The highest BCUT2D eigenvalue weighted by atomic mass is 19.1. The van der Waals surface area contributed by atoms with Crippen molar-refractivity contribution in [1.29, 1.82) is 0 Å². The minimum Gasteiger partial charge on any atom is -0.494 e. The number of methoxy groups -OCH3 is 1. The molecule has 0 heterocycles. The zero-order chi connectivity index (χ0) is 14.4. The molecule has 0 aliphatic heterocycles. The second-order valence-electron chi connectivity index (χ2n) is 3.92. The molecule has 1 rings (SSSR count). The molecule has 3 N–H and O–H groups in total. The molecule has 0 saturated carbocycles. The fourth-order valence-corrected chi connectivity index (χ4v) is 1.27. The Bertz CT molecular complexity index is 479. The topological polar surface area (TPSA) is 87.7 Å². The molecule has 1 atom stereocenters. The van der Waals surface area contributed by atoms with Crippen LogP contribution in [0.25, 0.3) is 0 Å². The molecule has 1 aromatic rings. The summed E-state index contributed by atoms with van der Waals surface area (Å²) >= 11 is 0. The van der Waals surface area contributed by atoms with Crippen LogP contribution in [0.1, 0.15) is 6.92 Å². The van der Waals surface area contributed by atoms with Crippen molar-refractivity contribution in [3.05, 3.63) is 24.0 Å². The first-order valence-electron chi connectivity index (χ1n) is 5.55. The van der Waals surface area contributed by atoms with Gasteiger partial charge in [-0.25, -0.2) is 9.18 Å². The van der Waals surface area contributed by atoms with Gasteiger partial charge >= 0.3 is 12.0 Å². The lowest BCUT2D eigenvalue weighted by Crippen LogP contribution is -2.34. The second kappa shape index (κ2) is 6.58. The number of benzene rings is 1. The number of carbonyl (C=O) groups is 2. The molecule has 1 unspecified atom stereocenters. The van der Waals surface area contributed by atoms with Gasteiger partial charge in [0.25, 0.3) is 0 Å². The molecule has 0 spiro atoms. The van der Waals surface area contributed by atoms with Crippen LogP contribution in [0.3, 0.4) is 0 Å². The predicted molar refractivity (Wildman–Crippen MR) is 66.8 cm³/mol. The smallest absolute Gasteiger partial charge is 0.319 e. The fourth-order valence-electron chi connectivity index (χ4n) is 1.27. The molecule has 0 bridgehead atoms. The van der Waals surface area contributed by atoms with E-state index in [0.29, 0.717) is 5.69 Å². The van der Waals surface area contributed by atoms with E-state index in [1.54, 1.807) is 0 Å². The van der Waals surface area contributed by atoms with Gasteiger partial charge in [0.05, 0.1) is 18.7 Å². The van der Waals surface area contributed by atoms with Crippen LogP contribution in [0.15, 0.2) is 18.2 Å². The number of nitrogens with one attached hydrogen (secondary N) is 2. The molecule has 19 heavy (non-hydrogen) atoms.